The van der Waals surface area contributed by atoms with Gasteiger partial charge in [-0.15, -0.1) is 0 Å². The van der Waals surface area contributed by atoms with Gasteiger partial charge in [-0.1, -0.05) is 0 Å². The van der Waals surface area contributed by atoms with E-state index in [-0.39, 0.29) is 0 Å². The molecule has 0 saturated carbocycles. The third-order valence-electron chi connectivity index (χ3n) is 1.53. The van der Waals surface area contributed by atoms with Crippen molar-refractivity contribution in [3.63, 3.8) is 0 Å². The molecule has 2 saturated heterocycles. The number of hydrogen-bond acceptors (Lipinski definition) is 6. The molecule has 0 aliphatic carbocycles. The van der Waals surface area contributed by atoms with Crippen molar-refractivity contribution in [3.8, 4) is 0 Å². The van der Waals surface area contributed by atoms with Crippen LogP contribution in [0, 0.1) is 0 Å². The molecule has 2 aliphatic heterocycles. The Morgan fingerprint density at radius 2 is 1.75 bits per heavy atom. The first kappa shape index (κ1) is 8.30. The van der Waals surface area contributed by atoms with E-state index in [1.807, 2.05) is 0 Å². The molecule has 0 amide bonds. The Balaban J connectivity index is 1.90. The first-order valence-electron chi connectivity index (χ1n) is 3.71. The van der Waals surface area contributed by atoms with E-state index in [2.05, 4.69) is 5.32 Å². The molecule has 0 unspecified atom stereocenters. The first-order chi connectivity index (χ1) is 5.81. The molecule has 2 heterocycles. The van der Waals surface area contributed by atoms with E-state index in [1.165, 1.54) is 0 Å². The van der Waals surface area contributed by atoms with Crippen LogP contribution in [-0.4, -0.2) is 47.1 Å². The van der Waals surface area contributed by atoms with Crippen molar-refractivity contribution in [2.75, 3.05) is 26.3 Å². The van der Waals surface area contributed by atoms with Crippen molar-refractivity contribution in [1.82, 2.24) is 5.32 Å². The summed E-state index contributed by atoms with van der Waals surface area (Å²) >= 11 is -3.46. The third-order valence-corrected chi connectivity index (χ3v) is 5.62. The molecule has 0 atom stereocenters. The van der Waals surface area contributed by atoms with Gasteiger partial charge < -0.3 is 0 Å². The topological polar surface area (TPSA) is 66.0 Å². The fraction of sp³-hybridized carbons (Fsp3) is 0.800. The van der Waals surface area contributed by atoms with Gasteiger partial charge in [0, 0.05) is 0 Å². The molecule has 2 aliphatic rings. The van der Waals surface area contributed by atoms with Gasteiger partial charge >= 0.3 is 72.2 Å². The van der Waals surface area contributed by atoms with Crippen LogP contribution in [0.1, 0.15) is 0 Å². The van der Waals surface area contributed by atoms with E-state index in [9.17, 15) is 4.79 Å². The molecular weight excluding hydrogens is 227 g/mol. The van der Waals surface area contributed by atoms with E-state index in [0.29, 0.717) is 13.2 Å². The molecule has 0 aromatic carbocycles. The summed E-state index contributed by atoms with van der Waals surface area (Å²) in [6.45, 7) is 2.40. The predicted octanol–water partition coefficient (Wildman–Crippen LogP) is -0.775. The molecule has 7 heteroatoms. The van der Waals surface area contributed by atoms with Crippen LogP contribution in [0.5, 0.6) is 0 Å². The van der Waals surface area contributed by atoms with Gasteiger partial charge in [-0.05, 0) is 0 Å². The normalized spacial score (nSPS) is 27.8. The number of carbonyl (C=O) groups excluding carboxylic acids is 1. The van der Waals surface area contributed by atoms with Crippen LogP contribution in [0.15, 0.2) is 0 Å². The van der Waals surface area contributed by atoms with Crippen LogP contribution in [0.3, 0.4) is 0 Å². The van der Waals surface area contributed by atoms with Crippen LogP contribution in [0.25, 0.3) is 0 Å². The van der Waals surface area contributed by atoms with Gasteiger partial charge in [-0.3, -0.25) is 0 Å². The maximum absolute atomic E-state index is 10.4. The van der Waals surface area contributed by atoms with Crippen molar-refractivity contribution in [3.05, 3.63) is 0 Å². The summed E-state index contributed by atoms with van der Waals surface area (Å²) in [6, 6.07) is 0. The average Bonchev–Trinajstić information content (AvgIpc) is 1.92. The zero-order chi connectivity index (χ0) is 8.44. The van der Waals surface area contributed by atoms with Crippen molar-refractivity contribution < 1.29 is 19.8 Å². The Morgan fingerprint density at radius 3 is 2.25 bits per heavy atom. The predicted molar refractivity (Wildman–Crippen MR) is 38.1 cm³/mol. The summed E-state index contributed by atoms with van der Waals surface area (Å²) in [5, 5.41) is 3.07. The average molecular weight is 236 g/mol. The zero-order valence-electron chi connectivity index (χ0n) is 6.37. The molecule has 1 N–H and O–H groups in total. The first-order valence-corrected chi connectivity index (χ1v) is 7.14. The van der Waals surface area contributed by atoms with Crippen molar-refractivity contribution in [2.24, 2.45) is 0 Å². The monoisotopic (exact) mass is 237 g/mol. The molecule has 12 heavy (non-hydrogen) atoms. The van der Waals surface area contributed by atoms with E-state index >= 15 is 0 Å². The summed E-state index contributed by atoms with van der Waals surface area (Å²) in [6.07, 6.45) is -0.677. The van der Waals surface area contributed by atoms with E-state index in [1.54, 1.807) is 0 Å². The quantitative estimate of drug-likeness (QED) is 0.556. The molecule has 2 rings (SSSR count). The fourth-order valence-electron chi connectivity index (χ4n) is 0.993. The maximum atomic E-state index is 10.4. The van der Waals surface area contributed by atoms with Gasteiger partial charge in [0.1, 0.15) is 0 Å². The molecule has 0 radical (unpaired) electrons. The van der Waals surface area contributed by atoms with Gasteiger partial charge in [0.25, 0.3) is 0 Å². The molecule has 6 nitrogen and oxygen atoms in total. The minimum absolute atomic E-state index is 0.466. The van der Waals surface area contributed by atoms with Crippen LogP contribution < -0.4 is 5.32 Å². The van der Waals surface area contributed by atoms with E-state index < -0.39 is 20.8 Å². The fourth-order valence-corrected chi connectivity index (χ4v) is 4.03. The van der Waals surface area contributed by atoms with Gasteiger partial charge in [0.2, 0.25) is 0 Å². The van der Waals surface area contributed by atoms with Crippen molar-refractivity contribution in [1.29, 1.82) is 0 Å². The zero-order valence-corrected chi connectivity index (χ0v) is 8.47. The summed E-state index contributed by atoms with van der Waals surface area (Å²) in [7, 11) is 0. The molecule has 0 aromatic heterocycles. The van der Waals surface area contributed by atoms with Gasteiger partial charge in [0.05, 0.1) is 0 Å². The Labute approximate surface area is 72.8 Å². The standard InChI is InChI=1S/C5H9GeNO5/c8-5-11-6(12-5)9-3-1-7-2-4-10-6/h7H,1-4H2. The molecule has 1 spiro atoms. The number of rotatable bonds is 0. The molecular formula is C5H9GeNO5. The van der Waals surface area contributed by atoms with E-state index in [0.717, 1.165) is 13.1 Å². The summed E-state index contributed by atoms with van der Waals surface area (Å²) in [5.41, 5.74) is 0. The third kappa shape index (κ3) is 1.56. The second kappa shape index (κ2) is 3.21. The number of carbonyl (C=O) groups is 1. The van der Waals surface area contributed by atoms with Crippen molar-refractivity contribution in [2.45, 2.75) is 0 Å². The second-order valence-corrected chi connectivity index (χ2v) is 6.57. The summed E-state index contributed by atoms with van der Waals surface area (Å²) in [4.78, 5) is 10.4. The van der Waals surface area contributed by atoms with Crippen molar-refractivity contribution >= 4 is 20.8 Å². The number of nitrogens with one attached hydrogen (secondary N) is 1. The van der Waals surface area contributed by atoms with Crippen LogP contribution in [0.2, 0.25) is 0 Å². The Bertz CT molecular complexity index is 180. The summed E-state index contributed by atoms with van der Waals surface area (Å²) < 4.78 is 19.9. The second-order valence-electron chi connectivity index (χ2n) is 2.40. The molecule has 0 bridgehead atoms. The molecule has 0 aromatic rings. The van der Waals surface area contributed by atoms with E-state index in [4.69, 9.17) is 15.1 Å². The molecule has 2 fully saturated rings. The van der Waals surface area contributed by atoms with Gasteiger partial charge in [0.15, 0.2) is 0 Å². The Hall–Kier alpha value is -0.307. The number of hydrogen-bond donors (Lipinski definition) is 1. The van der Waals surface area contributed by atoms with Gasteiger partial charge in [-0.25, -0.2) is 0 Å². The minimum atomic E-state index is -3.46. The van der Waals surface area contributed by atoms with Crippen LogP contribution in [-0.2, 0) is 15.1 Å². The van der Waals surface area contributed by atoms with Crippen LogP contribution in [0.4, 0.5) is 4.79 Å². The van der Waals surface area contributed by atoms with Gasteiger partial charge in [-0.2, -0.15) is 0 Å². The summed E-state index contributed by atoms with van der Waals surface area (Å²) in [5.74, 6) is 0. The SMILES string of the molecule is O=C1[O][Ge]2([O]CCNCC[O]2)[O]1. The Morgan fingerprint density at radius 1 is 1.17 bits per heavy atom. The van der Waals surface area contributed by atoms with Crippen LogP contribution >= 0.6 is 0 Å². The Kier molecular flexibility index (Phi) is 2.22. The molecule has 68 valence electrons.